The highest BCUT2D eigenvalue weighted by molar-refractivity contribution is 6.36. The van der Waals surface area contributed by atoms with E-state index in [4.69, 9.17) is 32.4 Å². The van der Waals surface area contributed by atoms with Crippen LogP contribution >= 0.6 is 23.2 Å². The van der Waals surface area contributed by atoms with Gasteiger partial charge in [0.05, 0.1) is 10.0 Å². The van der Waals surface area contributed by atoms with E-state index in [1.807, 2.05) is 0 Å². The molecule has 0 aliphatic rings. The normalized spacial score (nSPS) is 10.5. The van der Waals surface area contributed by atoms with Crippen LogP contribution in [0.4, 0.5) is 5.82 Å². The Morgan fingerprint density at radius 2 is 1.96 bits per heavy atom. The van der Waals surface area contributed by atoms with Crippen molar-refractivity contribution in [1.82, 2.24) is 4.98 Å². The molecule has 1 N–H and O–H groups in total. The van der Waals surface area contributed by atoms with Crippen molar-refractivity contribution in [2.75, 3.05) is 11.9 Å². The molecule has 0 aliphatic heterocycles. The maximum atomic E-state index is 12.1. The summed E-state index contributed by atoms with van der Waals surface area (Å²) < 4.78 is 9.89. The van der Waals surface area contributed by atoms with Crippen molar-refractivity contribution in [3.63, 3.8) is 0 Å². The lowest BCUT2D eigenvalue weighted by molar-refractivity contribution is -0.119. The molecule has 3 aromatic rings. The number of ether oxygens (including phenoxy) is 1. The number of halogens is 2. The number of nitrogens with zero attached hydrogens (tertiary/aromatic N) is 1. The first-order valence-corrected chi connectivity index (χ1v) is 8.00. The van der Waals surface area contributed by atoms with Crippen molar-refractivity contribution in [3.8, 4) is 0 Å². The van der Waals surface area contributed by atoms with Crippen LogP contribution in [-0.2, 0) is 9.53 Å². The highest BCUT2D eigenvalue weighted by Gasteiger charge is 2.17. The van der Waals surface area contributed by atoms with Crippen LogP contribution in [0.2, 0.25) is 10.0 Å². The Hall–Kier alpha value is -2.90. The first kappa shape index (κ1) is 17.9. The number of pyridine rings is 1. The van der Waals surface area contributed by atoms with Gasteiger partial charge in [0.15, 0.2) is 12.4 Å². The number of fused-ring (bicyclic) bond motifs is 1. The van der Waals surface area contributed by atoms with Crippen molar-refractivity contribution in [2.45, 2.75) is 0 Å². The Morgan fingerprint density at radius 1 is 1.19 bits per heavy atom. The summed E-state index contributed by atoms with van der Waals surface area (Å²) >= 11 is 11.6. The largest absolute Gasteiger partial charge is 0.452 e. The number of anilines is 1. The van der Waals surface area contributed by atoms with Crippen molar-refractivity contribution in [3.05, 3.63) is 68.6 Å². The second-order valence-corrected chi connectivity index (χ2v) is 5.94. The number of esters is 1. The number of nitrogens with one attached hydrogen (secondary N) is 1. The topological polar surface area (TPSA) is 98.5 Å². The lowest BCUT2D eigenvalue weighted by Crippen LogP contribution is -2.24. The van der Waals surface area contributed by atoms with Crippen molar-refractivity contribution in [1.29, 1.82) is 0 Å². The first-order chi connectivity index (χ1) is 12.4. The molecule has 0 unspecified atom stereocenters. The summed E-state index contributed by atoms with van der Waals surface area (Å²) in [6.45, 7) is -0.633. The summed E-state index contributed by atoms with van der Waals surface area (Å²) in [5, 5.41) is 3.36. The van der Waals surface area contributed by atoms with Gasteiger partial charge in [-0.3, -0.25) is 4.79 Å². The molecule has 3 rings (SSSR count). The van der Waals surface area contributed by atoms with Crippen LogP contribution in [0.5, 0.6) is 0 Å². The zero-order valence-electron chi connectivity index (χ0n) is 13.0. The molecule has 2 heterocycles. The Kier molecular flexibility index (Phi) is 5.20. The van der Waals surface area contributed by atoms with Crippen LogP contribution in [0.3, 0.4) is 0 Å². The molecule has 0 saturated carbocycles. The Labute approximate surface area is 156 Å². The third kappa shape index (κ3) is 4.01. The number of amides is 1. The Balaban J connectivity index is 1.67. The van der Waals surface area contributed by atoms with Gasteiger partial charge in [0, 0.05) is 11.6 Å². The minimum absolute atomic E-state index is 0.0716. The molecule has 7 nitrogen and oxygen atoms in total. The quantitative estimate of drug-likeness (QED) is 0.540. The second-order valence-electron chi connectivity index (χ2n) is 5.09. The molecule has 26 heavy (non-hydrogen) atoms. The number of hydrogen-bond acceptors (Lipinski definition) is 6. The molecule has 1 amide bonds. The van der Waals surface area contributed by atoms with E-state index in [9.17, 15) is 14.4 Å². The number of benzene rings is 1. The maximum absolute atomic E-state index is 12.1. The molecule has 0 aliphatic carbocycles. The van der Waals surface area contributed by atoms with Gasteiger partial charge in [-0.25, -0.2) is 14.6 Å². The fraction of sp³-hybridized carbons (Fsp3) is 0.0588. The number of aromatic nitrogens is 1. The van der Waals surface area contributed by atoms with Crippen LogP contribution in [0.1, 0.15) is 10.4 Å². The van der Waals surface area contributed by atoms with Crippen LogP contribution in [0, 0.1) is 0 Å². The van der Waals surface area contributed by atoms with Gasteiger partial charge >= 0.3 is 11.6 Å². The first-order valence-electron chi connectivity index (χ1n) is 7.25. The fourth-order valence-corrected chi connectivity index (χ4v) is 2.52. The molecule has 0 saturated heterocycles. The average molecular weight is 393 g/mol. The predicted molar refractivity (Wildman–Crippen MR) is 95.7 cm³/mol. The molecular formula is C17H10Cl2N2O5. The number of para-hydroxylation sites is 1. The standard InChI is InChI=1S/C17H10Cl2N2O5/c18-10-6-12(19)15(20-7-10)21-14(22)8-25-16(23)11-5-9-3-1-2-4-13(9)26-17(11)24/h1-7H,8H2,(H,20,21,22). The average Bonchev–Trinajstić information content (AvgIpc) is 2.61. The van der Waals surface area contributed by atoms with E-state index in [0.29, 0.717) is 16.0 Å². The summed E-state index contributed by atoms with van der Waals surface area (Å²) in [6, 6.07) is 9.45. The summed E-state index contributed by atoms with van der Waals surface area (Å²) in [4.78, 5) is 39.6. The van der Waals surface area contributed by atoms with E-state index in [0.717, 1.165) is 0 Å². The van der Waals surface area contributed by atoms with Crippen LogP contribution < -0.4 is 10.9 Å². The van der Waals surface area contributed by atoms with E-state index >= 15 is 0 Å². The molecule has 0 radical (unpaired) electrons. The van der Waals surface area contributed by atoms with Crippen molar-refractivity contribution >= 4 is 51.9 Å². The van der Waals surface area contributed by atoms with Crippen LogP contribution in [-0.4, -0.2) is 23.5 Å². The zero-order chi connectivity index (χ0) is 18.7. The van der Waals surface area contributed by atoms with Crippen molar-refractivity contribution in [2.24, 2.45) is 0 Å². The number of rotatable bonds is 4. The number of carbonyl (C=O) groups is 2. The molecule has 1 aromatic carbocycles. The molecule has 0 atom stereocenters. The minimum atomic E-state index is -0.977. The lowest BCUT2D eigenvalue weighted by Gasteiger charge is -2.07. The van der Waals surface area contributed by atoms with Gasteiger partial charge in [-0.2, -0.15) is 0 Å². The third-order valence-electron chi connectivity index (χ3n) is 3.26. The molecule has 0 fully saturated rings. The van der Waals surface area contributed by atoms with E-state index < -0.39 is 24.1 Å². The van der Waals surface area contributed by atoms with Gasteiger partial charge < -0.3 is 14.5 Å². The molecule has 0 spiro atoms. The van der Waals surface area contributed by atoms with E-state index in [2.05, 4.69) is 10.3 Å². The molecule has 2 aromatic heterocycles. The summed E-state index contributed by atoms with van der Waals surface area (Å²) in [7, 11) is 0. The van der Waals surface area contributed by atoms with Gasteiger partial charge in [0.2, 0.25) is 0 Å². The fourth-order valence-electron chi connectivity index (χ4n) is 2.09. The van der Waals surface area contributed by atoms with E-state index in [-0.39, 0.29) is 16.4 Å². The molecular weight excluding hydrogens is 383 g/mol. The SMILES string of the molecule is O=C(COC(=O)c1cc2ccccc2oc1=O)Nc1ncc(Cl)cc1Cl. The van der Waals surface area contributed by atoms with Crippen LogP contribution in [0.15, 0.2) is 51.8 Å². The third-order valence-corrected chi connectivity index (χ3v) is 3.76. The van der Waals surface area contributed by atoms with Crippen molar-refractivity contribution < 1.29 is 18.7 Å². The number of hydrogen-bond donors (Lipinski definition) is 1. The second kappa shape index (κ2) is 7.55. The predicted octanol–water partition coefficient (Wildman–Crippen LogP) is 3.29. The molecule has 9 heteroatoms. The van der Waals surface area contributed by atoms with Gasteiger partial charge in [0.25, 0.3) is 5.91 Å². The Bertz CT molecular complexity index is 1060. The summed E-state index contributed by atoms with van der Waals surface area (Å²) in [5.74, 6) is -1.59. The highest BCUT2D eigenvalue weighted by atomic mass is 35.5. The van der Waals surface area contributed by atoms with Gasteiger partial charge in [-0.15, -0.1) is 0 Å². The maximum Gasteiger partial charge on any atom is 0.351 e. The monoisotopic (exact) mass is 392 g/mol. The minimum Gasteiger partial charge on any atom is -0.452 e. The number of carbonyl (C=O) groups excluding carboxylic acids is 2. The molecule has 0 bridgehead atoms. The summed E-state index contributed by atoms with van der Waals surface area (Å²) in [6.07, 6.45) is 1.30. The van der Waals surface area contributed by atoms with Crippen LogP contribution in [0.25, 0.3) is 11.0 Å². The van der Waals surface area contributed by atoms with Gasteiger partial charge in [-0.05, 0) is 18.2 Å². The van der Waals surface area contributed by atoms with E-state index in [1.54, 1.807) is 24.3 Å². The summed E-state index contributed by atoms with van der Waals surface area (Å²) in [5.41, 5.74) is -0.814. The molecule has 132 valence electrons. The Morgan fingerprint density at radius 3 is 2.73 bits per heavy atom. The lowest BCUT2D eigenvalue weighted by atomic mass is 10.2. The zero-order valence-corrected chi connectivity index (χ0v) is 14.5. The highest BCUT2D eigenvalue weighted by Crippen LogP contribution is 2.22. The van der Waals surface area contributed by atoms with E-state index in [1.165, 1.54) is 18.3 Å². The van der Waals surface area contributed by atoms with Gasteiger partial charge in [-0.1, -0.05) is 41.4 Å². The smallest absolute Gasteiger partial charge is 0.351 e. The van der Waals surface area contributed by atoms with Gasteiger partial charge in [0.1, 0.15) is 11.1 Å².